The minimum absolute atomic E-state index is 0.0188. The van der Waals surface area contributed by atoms with E-state index >= 15 is 0 Å². The average Bonchev–Trinajstić information content (AvgIpc) is 3.09. The molecular formula is C17H17BrN2O3S2. The minimum Gasteiger partial charge on any atom is -0.496 e. The molecule has 25 heavy (non-hydrogen) atoms. The van der Waals surface area contributed by atoms with Gasteiger partial charge in [0.25, 0.3) is 5.56 Å². The van der Waals surface area contributed by atoms with Crippen LogP contribution in [0.25, 0.3) is 10.2 Å². The lowest BCUT2D eigenvalue weighted by Gasteiger charge is -2.13. The highest BCUT2D eigenvalue weighted by molar-refractivity contribution is 9.10. The van der Waals surface area contributed by atoms with E-state index in [0.29, 0.717) is 22.2 Å². The molecule has 3 rings (SSSR count). The molecule has 5 nitrogen and oxygen atoms in total. The van der Waals surface area contributed by atoms with Crippen molar-refractivity contribution in [3.63, 3.8) is 0 Å². The highest BCUT2D eigenvalue weighted by Crippen LogP contribution is 2.35. The number of thioether (sulfide) groups is 1. The number of hydrogen-bond acceptors (Lipinski definition) is 6. The Kier molecular flexibility index (Phi) is 5.71. The van der Waals surface area contributed by atoms with Crippen LogP contribution in [0, 0.1) is 0 Å². The summed E-state index contributed by atoms with van der Waals surface area (Å²) in [5, 5.41) is 2.61. The first-order valence-electron chi connectivity index (χ1n) is 7.60. The van der Waals surface area contributed by atoms with E-state index in [-0.39, 0.29) is 5.56 Å². The molecule has 0 radical (unpaired) electrons. The molecule has 0 bridgehead atoms. The molecule has 132 valence electrons. The summed E-state index contributed by atoms with van der Waals surface area (Å²) in [6, 6.07) is 5.71. The number of rotatable bonds is 6. The number of nitrogens with zero attached hydrogens (tertiary/aromatic N) is 2. The van der Waals surface area contributed by atoms with E-state index in [0.717, 1.165) is 27.1 Å². The molecule has 1 aromatic carbocycles. The number of halogens is 1. The Bertz CT molecular complexity index is 968. The van der Waals surface area contributed by atoms with Gasteiger partial charge >= 0.3 is 0 Å². The molecule has 0 N–H and O–H groups in total. The molecule has 0 saturated carbocycles. The van der Waals surface area contributed by atoms with Gasteiger partial charge in [0.15, 0.2) is 5.16 Å². The van der Waals surface area contributed by atoms with Crippen LogP contribution < -0.4 is 15.0 Å². The highest BCUT2D eigenvalue weighted by atomic mass is 79.9. The molecule has 0 aliphatic carbocycles. The van der Waals surface area contributed by atoms with Crippen LogP contribution in [0.2, 0.25) is 0 Å². The first-order valence-corrected chi connectivity index (χ1v) is 10.3. The second-order valence-corrected chi connectivity index (χ2v) is 7.88. The molecule has 0 amide bonds. The molecular weight excluding hydrogens is 424 g/mol. The van der Waals surface area contributed by atoms with Crippen molar-refractivity contribution in [3.05, 3.63) is 44.0 Å². The monoisotopic (exact) mass is 440 g/mol. The topological polar surface area (TPSA) is 53.4 Å². The molecule has 0 atom stereocenters. The van der Waals surface area contributed by atoms with Gasteiger partial charge in [0, 0.05) is 17.9 Å². The Balaban J connectivity index is 1.96. The van der Waals surface area contributed by atoms with Gasteiger partial charge in [0.05, 0.1) is 24.2 Å². The van der Waals surface area contributed by atoms with E-state index < -0.39 is 0 Å². The summed E-state index contributed by atoms with van der Waals surface area (Å²) in [6.45, 7) is 2.54. The van der Waals surface area contributed by atoms with Crippen LogP contribution in [0.3, 0.4) is 0 Å². The van der Waals surface area contributed by atoms with Crippen molar-refractivity contribution in [2.75, 3.05) is 14.2 Å². The fourth-order valence-corrected chi connectivity index (χ4v) is 4.79. The summed E-state index contributed by atoms with van der Waals surface area (Å²) in [4.78, 5) is 17.2. The van der Waals surface area contributed by atoms with Crippen LogP contribution >= 0.6 is 39.0 Å². The van der Waals surface area contributed by atoms with E-state index in [1.807, 2.05) is 30.5 Å². The number of ether oxygens (including phenoxy) is 2. The van der Waals surface area contributed by atoms with Crippen molar-refractivity contribution in [2.45, 2.75) is 24.4 Å². The number of methoxy groups -OCH3 is 2. The normalized spacial score (nSPS) is 11.0. The molecule has 0 aliphatic heterocycles. The molecule has 0 saturated heterocycles. The summed E-state index contributed by atoms with van der Waals surface area (Å²) in [7, 11) is 3.27. The number of thiophene rings is 1. The summed E-state index contributed by atoms with van der Waals surface area (Å²) in [6.07, 6.45) is 0. The van der Waals surface area contributed by atoms with Crippen molar-refractivity contribution in [2.24, 2.45) is 0 Å². The lowest BCUT2D eigenvalue weighted by molar-refractivity contribution is 0.398. The first kappa shape index (κ1) is 18.3. The average molecular weight is 441 g/mol. The summed E-state index contributed by atoms with van der Waals surface area (Å²) >= 11 is 6.41. The molecule has 0 fully saturated rings. The standard InChI is InChI=1S/C17H17BrN2O3S2/c1-4-20-16(21)15-12(5-6-24-15)19-17(20)25-9-10-7-14(23-3)11(18)8-13(10)22-2/h5-8H,4,9H2,1-3H3. The van der Waals surface area contributed by atoms with Gasteiger partial charge in [-0.05, 0) is 46.4 Å². The molecule has 0 unspecified atom stereocenters. The Morgan fingerprint density at radius 3 is 2.72 bits per heavy atom. The quantitative estimate of drug-likeness (QED) is 0.415. The summed E-state index contributed by atoms with van der Waals surface area (Å²) in [5.74, 6) is 2.13. The SMILES string of the molecule is CCn1c(SCc2cc(OC)c(Br)cc2OC)nc2ccsc2c1=O. The smallest absolute Gasteiger partial charge is 0.272 e. The van der Waals surface area contributed by atoms with Gasteiger partial charge < -0.3 is 9.47 Å². The van der Waals surface area contributed by atoms with Gasteiger partial charge in [-0.1, -0.05) is 11.8 Å². The Hall–Kier alpha value is -1.51. The van der Waals surface area contributed by atoms with Gasteiger partial charge in [-0.25, -0.2) is 4.98 Å². The summed E-state index contributed by atoms with van der Waals surface area (Å²) < 4.78 is 14.1. The number of aromatic nitrogens is 2. The lowest BCUT2D eigenvalue weighted by atomic mass is 10.2. The predicted molar refractivity (Wildman–Crippen MR) is 106 cm³/mol. The van der Waals surface area contributed by atoms with E-state index in [2.05, 4.69) is 20.9 Å². The second-order valence-electron chi connectivity index (χ2n) is 5.17. The minimum atomic E-state index is 0.0188. The third-order valence-electron chi connectivity index (χ3n) is 3.76. The van der Waals surface area contributed by atoms with Crippen molar-refractivity contribution in [1.29, 1.82) is 0 Å². The Morgan fingerprint density at radius 1 is 1.28 bits per heavy atom. The molecule has 3 aromatic rings. The van der Waals surface area contributed by atoms with Gasteiger partial charge in [-0.3, -0.25) is 9.36 Å². The summed E-state index contributed by atoms with van der Waals surface area (Å²) in [5.41, 5.74) is 1.75. The highest BCUT2D eigenvalue weighted by Gasteiger charge is 2.14. The largest absolute Gasteiger partial charge is 0.496 e. The second kappa shape index (κ2) is 7.80. The van der Waals surface area contributed by atoms with Gasteiger partial charge in [-0.15, -0.1) is 11.3 Å². The van der Waals surface area contributed by atoms with Crippen molar-refractivity contribution >= 4 is 49.2 Å². The van der Waals surface area contributed by atoms with Crippen LogP contribution in [-0.2, 0) is 12.3 Å². The van der Waals surface area contributed by atoms with Gasteiger partial charge in [-0.2, -0.15) is 0 Å². The zero-order chi connectivity index (χ0) is 18.0. The molecule has 8 heteroatoms. The van der Waals surface area contributed by atoms with Crippen LogP contribution in [-0.4, -0.2) is 23.8 Å². The van der Waals surface area contributed by atoms with Crippen LogP contribution in [0.15, 0.2) is 38.0 Å². The zero-order valence-electron chi connectivity index (χ0n) is 14.0. The maximum atomic E-state index is 12.6. The van der Waals surface area contributed by atoms with Gasteiger partial charge in [0.1, 0.15) is 16.2 Å². The van der Waals surface area contributed by atoms with Gasteiger partial charge in [0.2, 0.25) is 0 Å². The molecule has 0 spiro atoms. The van der Waals surface area contributed by atoms with E-state index in [9.17, 15) is 4.79 Å². The Labute approximate surface area is 162 Å². The lowest BCUT2D eigenvalue weighted by Crippen LogP contribution is -2.21. The van der Waals surface area contributed by atoms with Crippen molar-refractivity contribution < 1.29 is 9.47 Å². The Morgan fingerprint density at radius 2 is 2.04 bits per heavy atom. The maximum absolute atomic E-state index is 12.6. The van der Waals surface area contributed by atoms with Crippen LogP contribution in [0.1, 0.15) is 12.5 Å². The number of hydrogen-bond donors (Lipinski definition) is 0. The predicted octanol–water partition coefficient (Wildman–Crippen LogP) is 4.55. The van der Waals surface area contributed by atoms with E-state index in [4.69, 9.17) is 9.47 Å². The van der Waals surface area contributed by atoms with Crippen molar-refractivity contribution in [1.82, 2.24) is 9.55 Å². The van der Waals surface area contributed by atoms with E-state index in [1.54, 1.807) is 18.8 Å². The number of benzene rings is 1. The third-order valence-corrected chi connectivity index (χ3v) is 6.30. The van der Waals surface area contributed by atoms with Crippen molar-refractivity contribution in [3.8, 4) is 11.5 Å². The molecule has 2 heterocycles. The fraction of sp³-hybridized carbons (Fsp3) is 0.294. The molecule has 0 aliphatic rings. The maximum Gasteiger partial charge on any atom is 0.272 e. The van der Waals surface area contributed by atoms with Crippen LogP contribution in [0.4, 0.5) is 0 Å². The first-order chi connectivity index (χ1) is 12.1. The van der Waals surface area contributed by atoms with Crippen LogP contribution in [0.5, 0.6) is 11.5 Å². The van der Waals surface area contributed by atoms with E-state index in [1.165, 1.54) is 23.1 Å². The zero-order valence-corrected chi connectivity index (χ0v) is 17.3. The number of fused-ring (bicyclic) bond motifs is 1. The fourth-order valence-electron chi connectivity index (χ4n) is 2.49. The molecule has 2 aromatic heterocycles. The third kappa shape index (κ3) is 3.56.